The molecule has 6 nitrogen and oxygen atoms in total. The van der Waals surface area contributed by atoms with Gasteiger partial charge in [0.05, 0.1) is 11.9 Å². The number of carbonyl (C=O) groups excluding carboxylic acids is 1. The summed E-state index contributed by atoms with van der Waals surface area (Å²) in [6, 6.07) is 16.1. The van der Waals surface area contributed by atoms with E-state index >= 15 is 0 Å². The molecular weight excluding hydrogens is 350 g/mol. The Kier molecular flexibility index (Phi) is 5.02. The predicted molar refractivity (Wildman–Crippen MR) is 113 cm³/mol. The fourth-order valence-corrected chi connectivity index (χ4v) is 3.59. The molecule has 0 aromatic heterocycles. The number of aryl methyl sites for hydroxylation is 1. The highest BCUT2D eigenvalue weighted by Crippen LogP contribution is 2.29. The van der Waals surface area contributed by atoms with Gasteiger partial charge in [-0.15, -0.1) is 5.10 Å². The lowest BCUT2D eigenvalue weighted by Crippen LogP contribution is -2.31. The minimum atomic E-state index is 0.167. The second-order valence-electron chi connectivity index (χ2n) is 7.21. The first-order chi connectivity index (χ1) is 13.6. The van der Waals surface area contributed by atoms with E-state index in [9.17, 15) is 4.79 Å². The Morgan fingerprint density at radius 1 is 1.14 bits per heavy atom. The number of nitrogens with one attached hydrogen (secondary N) is 1. The number of amidine groups is 1. The fourth-order valence-electron chi connectivity index (χ4n) is 3.59. The molecule has 2 aromatic carbocycles. The van der Waals surface area contributed by atoms with Crippen molar-refractivity contribution in [2.45, 2.75) is 26.2 Å². The van der Waals surface area contributed by atoms with Crippen molar-refractivity contribution in [1.29, 1.82) is 0 Å². The number of carbonyl (C=O) groups is 1. The van der Waals surface area contributed by atoms with Crippen molar-refractivity contribution in [2.24, 2.45) is 21.2 Å². The van der Waals surface area contributed by atoms with E-state index < -0.39 is 0 Å². The lowest BCUT2D eigenvalue weighted by Gasteiger charge is -2.27. The van der Waals surface area contributed by atoms with Crippen LogP contribution >= 0.6 is 0 Å². The molecule has 28 heavy (non-hydrogen) atoms. The van der Waals surface area contributed by atoms with Crippen LogP contribution in [0.3, 0.4) is 0 Å². The van der Waals surface area contributed by atoms with E-state index in [4.69, 9.17) is 0 Å². The summed E-state index contributed by atoms with van der Waals surface area (Å²) in [5.74, 6) is 1.15. The Bertz CT molecular complexity index is 978. The third-order valence-electron chi connectivity index (χ3n) is 5.17. The highest BCUT2D eigenvalue weighted by molar-refractivity contribution is 6.07. The van der Waals surface area contributed by atoms with Crippen LogP contribution in [0.5, 0.6) is 0 Å². The van der Waals surface area contributed by atoms with Gasteiger partial charge >= 0.3 is 0 Å². The average molecular weight is 373 g/mol. The molecule has 2 aliphatic rings. The number of benzene rings is 2. The number of anilines is 1. The molecule has 0 radical (unpaired) electrons. The van der Waals surface area contributed by atoms with Crippen LogP contribution in [-0.2, 0) is 11.2 Å². The van der Waals surface area contributed by atoms with E-state index in [-0.39, 0.29) is 11.8 Å². The molecule has 0 bridgehead atoms. The zero-order chi connectivity index (χ0) is 19.5. The molecular formula is C22H23N5O. The minimum absolute atomic E-state index is 0.167. The Hall–Kier alpha value is -3.28. The SMILES string of the molecule is CC1CC(N/N=C/c2ccccc2)=NN=C1c1ccc2c(c1)CCC(=O)N2C. The van der Waals surface area contributed by atoms with Crippen LogP contribution in [-0.4, -0.2) is 30.7 Å². The maximum atomic E-state index is 11.9. The molecule has 0 saturated heterocycles. The van der Waals surface area contributed by atoms with E-state index in [0.29, 0.717) is 6.42 Å². The van der Waals surface area contributed by atoms with Crippen LogP contribution < -0.4 is 10.3 Å². The fraction of sp³-hybridized carbons (Fsp3) is 0.273. The van der Waals surface area contributed by atoms with E-state index in [2.05, 4.69) is 33.7 Å². The van der Waals surface area contributed by atoms with Crippen LogP contribution in [0, 0.1) is 5.92 Å². The normalized spacial score (nSPS) is 19.3. The van der Waals surface area contributed by atoms with Gasteiger partial charge in [0, 0.05) is 31.5 Å². The number of hydrogen-bond donors (Lipinski definition) is 1. The molecule has 0 fully saturated rings. The third-order valence-corrected chi connectivity index (χ3v) is 5.17. The zero-order valence-electron chi connectivity index (χ0n) is 16.1. The lowest BCUT2D eigenvalue weighted by atomic mass is 9.91. The van der Waals surface area contributed by atoms with Gasteiger partial charge in [-0.2, -0.15) is 10.2 Å². The van der Waals surface area contributed by atoms with Crippen molar-refractivity contribution < 1.29 is 4.79 Å². The maximum absolute atomic E-state index is 11.9. The topological polar surface area (TPSA) is 69.4 Å². The van der Waals surface area contributed by atoms with E-state index in [1.807, 2.05) is 49.5 Å². The van der Waals surface area contributed by atoms with Crippen LogP contribution in [0.25, 0.3) is 0 Å². The molecule has 1 N–H and O–H groups in total. The van der Waals surface area contributed by atoms with Gasteiger partial charge in [0.25, 0.3) is 0 Å². The number of rotatable bonds is 3. The van der Waals surface area contributed by atoms with Crippen molar-refractivity contribution in [3.63, 3.8) is 0 Å². The summed E-state index contributed by atoms with van der Waals surface area (Å²) in [4.78, 5) is 13.6. The first-order valence-electron chi connectivity index (χ1n) is 9.50. The van der Waals surface area contributed by atoms with Crippen molar-refractivity contribution in [3.8, 4) is 0 Å². The summed E-state index contributed by atoms with van der Waals surface area (Å²) in [6.07, 6.45) is 3.85. The zero-order valence-corrected chi connectivity index (χ0v) is 16.1. The summed E-state index contributed by atoms with van der Waals surface area (Å²) in [5, 5.41) is 13.0. The Balaban J connectivity index is 1.50. The van der Waals surface area contributed by atoms with Crippen molar-refractivity contribution in [2.75, 3.05) is 11.9 Å². The summed E-state index contributed by atoms with van der Waals surface area (Å²) >= 11 is 0. The van der Waals surface area contributed by atoms with E-state index in [1.54, 1.807) is 11.1 Å². The average Bonchev–Trinajstić information content (AvgIpc) is 2.71. The van der Waals surface area contributed by atoms with E-state index in [1.165, 1.54) is 5.56 Å². The molecule has 0 spiro atoms. The quantitative estimate of drug-likeness (QED) is 0.662. The van der Waals surface area contributed by atoms with Crippen LogP contribution in [0.15, 0.2) is 63.8 Å². The summed E-state index contributed by atoms with van der Waals surface area (Å²) in [6.45, 7) is 2.14. The maximum Gasteiger partial charge on any atom is 0.227 e. The Labute approximate surface area is 164 Å². The second-order valence-corrected chi connectivity index (χ2v) is 7.21. The Morgan fingerprint density at radius 2 is 1.96 bits per heavy atom. The molecule has 1 unspecified atom stereocenters. The molecule has 0 aliphatic carbocycles. The molecule has 0 saturated carbocycles. The van der Waals surface area contributed by atoms with Gasteiger partial charge in [0.1, 0.15) is 5.84 Å². The summed E-state index contributed by atoms with van der Waals surface area (Å²) in [5.41, 5.74) is 8.26. The highest BCUT2D eigenvalue weighted by atomic mass is 16.2. The largest absolute Gasteiger partial charge is 0.315 e. The molecule has 2 aliphatic heterocycles. The predicted octanol–water partition coefficient (Wildman–Crippen LogP) is 3.36. The number of hydrazone groups is 1. The number of fused-ring (bicyclic) bond motifs is 1. The highest BCUT2D eigenvalue weighted by Gasteiger charge is 2.24. The van der Waals surface area contributed by atoms with Gasteiger partial charge in [-0.25, -0.2) is 0 Å². The lowest BCUT2D eigenvalue weighted by molar-refractivity contribution is -0.118. The molecule has 1 atom stereocenters. The van der Waals surface area contributed by atoms with Crippen LogP contribution in [0.4, 0.5) is 5.69 Å². The summed E-state index contributed by atoms with van der Waals surface area (Å²) in [7, 11) is 1.83. The molecule has 2 heterocycles. The number of hydrogen-bond acceptors (Lipinski definition) is 5. The van der Waals surface area contributed by atoms with Crippen molar-refractivity contribution >= 4 is 29.4 Å². The van der Waals surface area contributed by atoms with Gasteiger partial charge in [-0.05, 0) is 35.2 Å². The minimum Gasteiger partial charge on any atom is -0.315 e. The standard InChI is InChI=1S/C22H23N5O/c1-15-12-20(24-23-14-16-6-4-3-5-7-16)25-26-22(15)18-8-10-19-17(13-18)9-11-21(28)27(19)2/h3-8,10,13-15H,9,11-12H2,1-2H3,(H,24,25)/b23-14+. The third kappa shape index (κ3) is 3.71. The van der Waals surface area contributed by atoms with Gasteiger partial charge in [0.15, 0.2) is 0 Å². The first kappa shape index (κ1) is 18.1. The van der Waals surface area contributed by atoms with Gasteiger partial charge in [-0.3, -0.25) is 10.2 Å². The monoisotopic (exact) mass is 373 g/mol. The molecule has 4 rings (SSSR count). The molecule has 2 aromatic rings. The van der Waals surface area contributed by atoms with Gasteiger partial charge in [0.2, 0.25) is 5.91 Å². The molecule has 142 valence electrons. The van der Waals surface area contributed by atoms with Crippen molar-refractivity contribution in [3.05, 3.63) is 65.2 Å². The van der Waals surface area contributed by atoms with Crippen molar-refractivity contribution in [1.82, 2.24) is 5.43 Å². The number of amides is 1. The Morgan fingerprint density at radius 3 is 2.75 bits per heavy atom. The second kappa shape index (κ2) is 7.76. The molecule has 1 amide bonds. The van der Waals surface area contributed by atoms with Crippen LogP contribution in [0.2, 0.25) is 0 Å². The van der Waals surface area contributed by atoms with Gasteiger partial charge < -0.3 is 4.90 Å². The van der Waals surface area contributed by atoms with Crippen LogP contribution in [0.1, 0.15) is 36.5 Å². The molecule has 6 heteroatoms. The summed E-state index contributed by atoms with van der Waals surface area (Å²) < 4.78 is 0. The number of nitrogens with zero attached hydrogens (tertiary/aromatic N) is 4. The first-order valence-corrected chi connectivity index (χ1v) is 9.50. The van der Waals surface area contributed by atoms with E-state index in [0.717, 1.165) is 41.2 Å². The smallest absolute Gasteiger partial charge is 0.227 e. The van der Waals surface area contributed by atoms with Gasteiger partial charge in [-0.1, -0.05) is 43.3 Å².